The molecular weight excluding hydrogens is 250 g/mol. The summed E-state index contributed by atoms with van der Waals surface area (Å²) in [5.74, 6) is 0. The van der Waals surface area contributed by atoms with Crippen LogP contribution in [0.5, 0.6) is 0 Å². The van der Waals surface area contributed by atoms with Gasteiger partial charge >= 0.3 is 0 Å². The molecule has 20 heavy (non-hydrogen) atoms. The van der Waals surface area contributed by atoms with E-state index in [1.807, 2.05) is 0 Å². The van der Waals surface area contributed by atoms with Gasteiger partial charge in [-0.1, -0.05) is 17.7 Å². The highest BCUT2D eigenvalue weighted by Gasteiger charge is 2.17. The van der Waals surface area contributed by atoms with E-state index in [0.29, 0.717) is 0 Å². The highest BCUT2D eigenvalue weighted by atomic mass is 16.5. The lowest BCUT2D eigenvalue weighted by Crippen LogP contribution is -2.42. The number of benzene rings is 1. The van der Waals surface area contributed by atoms with Crippen molar-refractivity contribution in [3.63, 3.8) is 0 Å². The molecule has 2 aliphatic heterocycles. The zero-order valence-corrected chi connectivity index (χ0v) is 12.4. The second-order valence-electron chi connectivity index (χ2n) is 5.75. The first kappa shape index (κ1) is 13.9. The second kappa shape index (κ2) is 6.57. The van der Waals surface area contributed by atoms with Crippen LogP contribution >= 0.6 is 0 Å². The number of anilines is 1. The molecule has 4 nitrogen and oxygen atoms in total. The number of rotatable bonds is 3. The first-order chi connectivity index (χ1) is 9.83. The van der Waals surface area contributed by atoms with Crippen LogP contribution in [0.25, 0.3) is 0 Å². The Balaban J connectivity index is 1.66. The summed E-state index contributed by atoms with van der Waals surface area (Å²) in [6.07, 6.45) is 0. The largest absolute Gasteiger partial charge is 0.379 e. The molecule has 4 heteroatoms. The molecule has 0 amide bonds. The molecule has 2 aliphatic rings. The fourth-order valence-electron chi connectivity index (χ4n) is 3.04. The molecule has 0 aliphatic carbocycles. The zero-order valence-electron chi connectivity index (χ0n) is 12.4. The van der Waals surface area contributed by atoms with Gasteiger partial charge in [0.25, 0.3) is 0 Å². The Kier molecular flexibility index (Phi) is 4.55. The average Bonchev–Trinajstić information content (AvgIpc) is 2.68. The van der Waals surface area contributed by atoms with Crippen molar-refractivity contribution in [3.8, 4) is 0 Å². The Bertz CT molecular complexity index is 443. The summed E-state index contributed by atoms with van der Waals surface area (Å²) in [7, 11) is 0. The summed E-state index contributed by atoms with van der Waals surface area (Å²) >= 11 is 0. The van der Waals surface area contributed by atoms with Gasteiger partial charge in [0.2, 0.25) is 0 Å². The predicted molar refractivity (Wildman–Crippen MR) is 82.4 cm³/mol. The van der Waals surface area contributed by atoms with Gasteiger partial charge in [-0.15, -0.1) is 0 Å². The SMILES string of the molecule is Cc1ccc2c(c1)CNCCN2CCN1CCOCC1. The topological polar surface area (TPSA) is 27.7 Å². The van der Waals surface area contributed by atoms with E-state index >= 15 is 0 Å². The minimum Gasteiger partial charge on any atom is -0.379 e. The van der Waals surface area contributed by atoms with Crippen molar-refractivity contribution in [2.45, 2.75) is 13.5 Å². The minimum absolute atomic E-state index is 0.886. The predicted octanol–water partition coefficient (Wildman–Crippen LogP) is 1.24. The van der Waals surface area contributed by atoms with E-state index in [-0.39, 0.29) is 0 Å². The molecule has 0 bridgehead atoms. The van der Waals surface area contributed by atoms with Crippen molar-refractivity contribution in [1.82, 2.24) is 10.2 Å². The van der Waals surface area contributed by atoms with Crippen LogP contribution in [0, 0.1) is 6.92 Å². The van der Waals surface area contributed by atoms with Crippen molar-refractivity contribution in [1.29, 1.82) is 0 Å². The standard InChI is InChI=1S/C16H25N3O/c1-14-2-3-16-15(12-14)13-17-4-5-19(16)7-6-18-8-10-20-11-9-18/h2-3,12,17H,4-11,13H2,1H3. The average molecular weight is 275 g/mol. The third-order valence-electron chi connectivity index (χ3n) is 4.24. The van der Waals surface area contributed by atoms with Gasteiger partial charge < -0.3 is 15.0 Å². The van der Waals surface area contributed by atoms with Crippen LogP contribution in [0.1, 0.15) is 11.1 Å². The highest BCUT2D eigenvalue weighted by Crippen LogP contribution is 2.23. The molecule has 2 heterocycles. The number of aryl methyl sites for hydroxylation is 1. The molecule has 3 rings (SSSR count). The van der Waals surface area contributed by atoms with Crippen LogP contribution in [-0.2, 0) is 11.3 Å². The Morgan fingerprint density at radius 3 is 2.85 bits per heavy atom. The zero-order chi connectivity index (χ0) is 13.8. The quantitative estimate of drug-likeness (QED) is 0.898. The van der Waals surface area contributed by atoms with E-state index in [1.54, 1.807) is 0 Å². The Morgan fingerprint density at radius 1 is 1.15 bits per heavy atom. The third-order valence-corrected chi connectivity index (χ3v) is 4.24. The lowest BCUT2D eigenvalue weighted by molar-refractivity contribution is 0.0392. The smallest absolute Gasteiger partial charge is 0.0594 e. The first-order valence-corrected chi connectivity index (χ1v) is 7.68. The van der Waals surface area contributed by atoms with Crippen molar-refractivity contribution in [2.24, 2.45) is 0 Å². The summed E-state index contributed by atoms with van der Waals surface area (Å²) in [4.78, 5) is 5.04. The molecule has 0 radical (unpaired) electrons. The Labute approximate surface area is 121 Å². The van der Waals surface area contributed by atoms with Crippen LogP contribution in [0.2, 0.25) is 0 Å². The summed E-state index contributed by atoms with van der Waals surface area (Å²) in [5, 5.41) is 3.52. The van der Waals surface area contributed by atoms with Gasteiger partial charge in [0.15, 0.2) is 0 Å². The molecule has 110 valence electrons. The van der Waals surface area contributed by atoms with E-state index in [0.717, 1.165) is 59.0 Å². The molecule has 0 spiro atoms. The van der Waals surface area contributed by atoms with Gasteiger partial charge in [-0.2, -0.15) is 0 Å². The van der Waals surface area contributed by atoms with Crippen LogP contribution in [0.3, 0.4) is 0 Å². The van der Waals surface area contributed by atoms with Crippen molar-refractivity contribution in [3.05, 3.63) is 29.3 Å². The summed E-state index contributed by atoms with van der Waals surface area (Å²) in [5.41, 5.74) is 4.19. The lowest BCUT2D eigenvalue weighted by Gasteiger charge is -2.31. The number of nitrogens with one attached hydrogen (secondary N) is 1. The molecule has 1 N–H and O–H groups in total. The molecule has 1 aromatic rings. The van der Waals surface area contributed by atoms with Crippen LogP contribution in [0.4, 0.5) is 5.69 Å². The Hall–Kier alpha value is -1.10. The van der Waals surface area contributed by atoms with E-state index in [9.17, 15) is 0 Å². The lowest BCUT2D eigenvalue weighted by atomic mass is 10.1. The Morgan fingerprint density at radius 2 is 2.00 bits per heavy atom. The number of ether oxygens (including phenoxy) is 1. The van der Waals surface area contributed by atoms with Crippen molar-refractivity contribution >= 4 is 5.69 Å². The van der Waals surface area contributed by atoms with E-state index in [4.69, 9.17) is 4.74 Å². The number of fused-ring (bicyclic) bond motifs is 1. The number of hydrogen-bond donors (Lipinski definition) is 1. The number of hydrogen-bond acceptors (Lipinski definition) is 4. The summed E-state index contributed by atoms with van der Waals surface area (Å²) in [6.45, 7) is 11.5. The fourth-order valence-corrected chi connectivity index (χ4v) is 3.04. The maximum Gasteiger partial charge on any atom is 0.0594 e. The van der Waals surface area contributed by atoms with E-state index in [2.05, 4.69) is 40.2 Å². The molecule has 1 saturated heterocycles. The third kappa shape index (κ3) is 3.32. The molecule has 0 saturated carbocycles. The van der Waals surface area contributed by atoms with Gasteiger partial charge in [-0.05, 0) is 18.6 Å². The second-order valence-corrected chi connectivity index (χ2v) is 5.75. The fraction of sp³-hybridized carbons (Fsp3) is 0.625. The normalized spacial score (nSPS) is 20.6. The van der Waals surface area contributed by atoms with Gasteiger partial charge in [-0.25, -0.2) is 0 Å². The molecule has 0 unspecified atom stereocenters. The van der Waals surface area contributed by atoms with E-state index < -0.39 is 0 Å². The molecule has 0 atom stereocenters. The van der Waals surface area contributed by atoms with Crippen molar-refractivity contribution < 1.29 is 4.74 Å². The molecular formula is C16H25N3O. The summed E-state index contributed by atoms with van der Waals surface area (Å²) < 4.78 is 5.42. The van der Waals surface area contributed by atoms with Gasteiger partial charge in [0, 0.05) is 51.5 Å². The number of morpholine rings is 1. The highest BCUT2D eigenvalue weighted by molar-refractivity contribution is 5.55. The maximum atomic E-state index is 5.42. The van der Waals surface area contributed by atoms with Crippen LogP contribution in [0.15, 0.2) is 18.2 Å². The van der Waals surface area contributed by atoms with Crippen molar-refractivity contribution in [2.75, 3.05) is 57.4 Å². The van der Waals surface area contributed by atoms with Crippen LogP contribution < -0.4 is 10.2 Å². The van der Waals surface area contributed by atoms with Crippen LogP contribution in [-0.4, -0.2) is 57.4 Å². The van der Waals surface area contributed by atoms with Gasteiger partial charge in [0.1, 0.15) is 0 Å². The maximum absolute atomic E-state index is 5.42. The summed E-state index contributed by atoms with van der Waals surface area (Å²) in [6, 6.07) is 6.83. The minimum atomic E-state index is 0.886. The molecule has 0 aromatic heterocycles. The van der Waals surface area contributed by atoms with E-state index in [1.165, 1.54) is 16.8 Å². The van der Waals surface area contributed by atoms with Gasteiger partial charge in [-0.3, -0.25) is 4.90 Å². The monoisotopic (exact) mass is 275 g/mol. The molecule has 1 fully saturated rings. The molecule has 1 aromatic carbocycles. The number of nitrogens with zero attached hydrogens (tertiary/aromatic N) is 2. The van der Waals surface area contributed by atoms with Gasteiger partial charge in [0.05, 0.1) is 13.2 Å². The first-order valence-electron chi connectivity index (χ1n) is 7.68.